The first kappa shape index (κ1) is 11.4. The van der Waals surface area contributed by atoms with Crippen LogP contribution in [0.15, 0.2) is 12.4 Å². The third-order valence-electron chi connectivity index (χ3n) is 3.98. The summed E-state index contributed by atoms with van der Waals surface area (Å²) in [5.74, 6) is 0.922. The molecule has 16 heavy (non-hydrogen) atoms. The molecule has 0 spiro atoms. The fraction of sp³-hybridized carbons (Fsp3) is 0.692. The van der Waals surface area contributed by atoms with Crippen molar-refractivity contribution in [2.75, 3.05) is 0 Å². The summed E-state index contributed by atoms with van der Waals surface area (Å²) in [5, 5.41) is 0. The Morgan fingerprint density at radius 3 is 2.69 bits per heavy atom. The van der Waals surface area contributed by atoms with Gasteiger partial charge in [0.15, 0.2) is 5.82 Å². The normalized spacial score (nSPS) is 18.9. The van der Waals surface area contributed by atoms with Gasteiger partial charge in [-0.1, -0.05) is 19.8 Å². The van der Waals surface area contributed by atoms with E-state index in [0.29, 0.717) is 5.82 Å². The molecule has 0 bridgehead atoms. The first-order valence-corrected chi connectivity index (χ1v) is 6.29. The predicted molar refractivity (Wildman–Crippen MR) is 63.4 cm³/mol. The van der Waals surface area contributed by atoms with Crippen LogP contribution in [-0.2, 0) is 6.54 Å². The van der Waals surface area contributed by atoms with Crippen LogP contribution in [0.2, 0.25) is 0 Å². The Morgan fingerprint density at radius 1 is 1.44 bits per heavy atom. The lowest BCUT2D eigenvalue weighted by atomic mass is 9.79. The quantitative estimate of drug-likeness (QED) is 0.731. The Hall–Kier alpha value is -1.12. The summed E-state index contributed by atoms with van der Waals surface area (Å²) in [6.45, 7) is 5.00. The molecule has 1 saturated carbocycles. The number of carbonyl (C=O) groups excluding carboxylic acids is 1. The average molecular weight is 220 g/mol. The molecule has 1 heterocycles. The molecule has 0 saturated heterocycles. The molecule has 0 atom stereocenters. The van der Waals surface area contributed by atoms with E-state index in [9.17, 15) is 4.79 Å². The van der Waals surface area contributed by atoms with Crippen molar-refractivity contribution in [3.8, 4) is 0 Å². The summed E-state index contributed by atoms with van der Waals surface area (Å²) in [4.78, 5) is 16.8. The Balaban J connectivity index is 2.30. The molecule has 1 aliphatic carbocycles. The Bertz CT molecular complexity index is 375. The molecule has 0 radical (unpaired) electrons. The summed E-state index contributed by atoms with van der Waals surface area (Å²) < 4.78 is 1.96. The summed E-state index contributed by atoms with van der Waals surface area (Å²) >= 11 is 0. The van der Waals surface area contributed by atoms with Gasteiger partial charge in [-0.25, -0.2) is 4.98 Å². The predicted octanol–water partition coefficient (Wildman–Crippen LogP) is 3.06. The highest BCUT2D eigenvalue weighted by Crippen LogP contribution is 2.43. The first-order valence-electron chi connectivity index (χ1n) is 6.29. The van der Waals surface area contributed by atoms with E-state index in [1.807, 2.05) is 17.7 Å². The van der Waals surface area contributed by atoms with Crippen molar-refractivity contribution >= 4 is 5.78 Å². The van der Waals surface area contributed by atoms with Crippen LogP contribution in [0.1, 0.15) is 56.6 Å². The molecule has 0 aromatic carbocycles. The van der Waals surface area contributed by atoms with Gasteiger partial charge in [-0.15, -0.1) is 0 Å². The van der Waals surface area contributed by atoms with E-state index in [2.05, 4.69) is 11.9 Å². The van der Waals surface area contributed by atoms with Gasteiger partial charge < -0.3 is 4.57 Å². The molecule has 0 N–H and O–H groups in total. The number of hydrogen-bond acceptors (Lipinski definition) is 2. The number of aromatic nitrogens is 2. The molecule has 2 rings (SSSR count). The number of nitrogens with zero attached hydrogens (tertiary/aromatic N) is 2. The Labute approximate surface area is 96.9 Å². The van der Waals surface area contributed by atoms with Crippen molar-refractivity contribution in [3.05, 3.63) is 18.2 Å². The molecule has 0 unspecified atom stereocenters. The molecule has 3 heteroatoms. The van der Waals surface area contributed by atoms with Gasteiger partial charge in [0.2, 0.25) is 5.78 Å². The second-order valence-electron chi connectivity index (χ2n) is 4.71. The summed E-state index contributed by atoms with van der Waals surface area (Å²) in [5.41, 5.74) is -0.113. The average Bonchev–Trinajstić information content (AvgIpc) is 2.97. The maximum Gasteiger partial charge on any atom is 0.204 e. The number of ketones is 1. The lowest BCUT2D eigenvalue weighted by molar-refractivity contribution is 0.0775. The maximum absolute atomic E-state index is 12.6. The molecule has 3 nitrogen and oxygen atoms in total. The summed E-state index contributed by atoms with van der Waals surface area (Å²) in [7, 11) is 0. The van der Waals surface area contributed by atoms with Gasteiger partial charge in [0, 0.05) is 24.4 Å². The number of imidazole rings is 1. The van der Waals surface area contributed by atoms with E-state index in [4.69, 9.17) is 0 Å². The second kappa shape index (κ2) is 4.40. The largest absolute Gasteiger partial charge is 0.329 e. The molecule has 1 aliphatic rings. The molecular weight excluding hydrogens is 200 g/mol. The van der Waals surface area contributed by atoms with Crippen LogP contribution in [0.25, 0.3) is 0 Å². The molecule has 0 aliphatic heterocycles. The topological polar surface area (TPSA) is 34.9 Å². The number of aryl methyl sites for hydroxylation is 1. The van der Waals surface area contributed by atoms with Crippen LogP contribution in [0, 0.1) is 5.41 Å². The molecule has 88 valence electrons. The summed E-state index contributed by atoms with van der Waals surface area (Å²) in [6.07, 6.45) is 9.03. The summed E-state index contributed by atoms with van der Waals surface area (Å²) in [6, 6.07) is 0. The van der Waals surface area contributed by atoms with E-state index >= 15 is 0 Å². The zero-order valence-electron chi connectivity index (χ0n) is 10.2. The Kier molecular flexibility index (Phi) is 3.13. The third-order valence-corrected chi connectivity index (χ3v) is 3.98. The minimum Gasteiger partial charge on any atom is -0.329 e. The number of carbonyl (C=O) groups is 1. The van der Waals surface area contributed by atoms with Crippen LogP contribution in [-0.4, -0.2) is 15.3 Å². The molecule has 1 aromatic heterocycles. The van der Waals surface area contributed by atoms with E-state index < -0.39 is 0 Å². The van der Waals surface area contributed by atoms with Gasteiger partial charge in [-0.05, 0) is 26.2 Å². The van der Waals surface area contributed by atoms with Gasteiger partial charge in [0.1, 0.15) is 0 Å². The molecule has 1 fully saturated rings. The monoisotopic (exact) mass is 220 g/mol. The maximum atomic E-state index is 12.6. The first-order chi connectivity index (χ1) is 7.73. The highest BCUT2D eigenvalue weighted by molar-refractivity contribution is 5.97. The van der Waals surface area contributed by atoms with E-state index in [1.54, 1.807) is 6.20 Å². The second-order valence-corrected chi connectivity index (χ2v) is 4.71. The fourth-order valence-corrected chi connectivity index (χ4v) is 2.80. The zero-order chi connectivity index (χ0) is 11.6. The minimum atomic E-state index is -0.113. The zero-order valence-corrected chi connectivity index (χ0v) is 10.2. The van der Waals surface area contributed by atoms with Crippen LogP contribution in [0.3, 0.4) is 0 Å². The highest BCUT2D eigenvalue weighted by atomic mass is 16.1. The van der Waals surface area contributed by atoms with Gasteiger partial charge in [-0.2, -0.15) is 0 Å². The van der Waals surface area contributed by atoms with Crippen LogP contribution in [0.4, 0.5) is 0 Å². The van der Waals surface area contributed by atoms with Crippen molar-refractivity contribution in [3.63, 3.8) is 0 Å². The van der Waals surface area contributed by atoms with Crippen molar-refractivity contribution in [1.82, 2.24) is 9.55 Å². The van der Waals surface area contributed by atoms with Crippen molar-refractivity contribution < 1.29 is 4.79 Å². The van der Waals surface area contributed by atoms with E-state index in [1.165, 1.54) is 12.8 Å². The Morgan fingerprint density at radius 2 is 2.12 bits per heavy atom. The van der Waals surface area contributed by atoms with E-state index in [-0.39, 0.29) is 11.2 Å². The highest BCUT2D eigenvalue weighted by Gasteiger charge is 2.41. The van der Waals surface area contributed by atoms with Gasteiger partial charge in [-0.3, -0.25) is 4.79 Å². The standard InChI is InChI=1S/C13H20N2O/c1-3-13(7-5-6-8-13)11(16)12-14-9-10-15(12)4-2/h9-10H,3-8H2,1-2H3. The van der Waals surface area contributed by atoms with Crippen LogP contribution in [0.5, 0.6) is 0 Å². The fourth-order valence-electron chi connectivity index (χ4n) is 2.80. The molecule has 0 amide bonds. The lowest BCUT2D eigenvalue weighted by Gasteiger charge is -2.25. The third kappa shape index (κ3) is 1.68. The van der Waals surface area contributed by atoms with E-state index in [0.717, 1.165) is 25.8 Å². The van der Waals surface area contributed by atoms with Gasteiger partial charge in [0.05, 0.1) is 0 Å². The van der Waals surface area contributed by atoms with Gasteiger partial charge in [0.25, 0.3) is 0 Å². The van der Waals surface area contributed by atoms with Gasteiger partial charge >= 0.3 is 0 Å². The minimum absolute atomic E-state index is 0.113. The van der Waals surface area contributed by atoms with Crippen molar-refractivity contribution in [1.29, 1.82) is 0 Å². The number of Topliss-reactive ketones (excluding diaryl/α,β-unsaturated/α-hetero) is 1. The number of rotatable bonds is 4. The molecule has 1 aromatic rings. The number of hydrogen-bond donors (Lipinski definition) is 0. The SMILES string of the molecule is CCn1ccnc1C(=O)C1(CC)CCCC1. The van der Waals surface area contributed by atoms with Crippen molar-refractivity contribution in [2.45, 2.75) is 52.5 Å². The van der Waals surface area contributed by atoms with Crippen LogP contribution >= 0.6 is 0 Å². The molecular formula is C13H20N2O. The van der Waals surface area contributed by atoms with Crippen molar-refractivity contribution in [2.24, 2.45) is 5.41 Å². The lowest BCUT2D eigenvalue weighted by Crippen LogP contribution is -2.29. The van der Waals surface area contributed by atoms with Crippen LogP contribution < -0.4 is 0 Å². The smallest absolute Gasteiger partial charge is 0.204 e.